The molecule has 0 aromatic carbocycles. The predicted octanol–water partition coefficient (Wildman–Crippen LogP) is 0.619. The van der Waals surface area contributed by atoms with Gasteiger partial charge in [-0.1, -0.05) is 0 Å². The van der Waals surface area contributed by atoms with Crippen LogP contribution in [0.3, 0.4) is 0 Å². The third-order valence-corrected chi connectivity index (χ3v) is 1.78. The Labute approximate surface area is 60.0 Å². The maximum absolute atomic E-state index is 12.5. The van der Waals surface area contributed by atoms with Gasteiger partial charge < -0.3 is 4.79 Å². The van der Waals surface area contributed by atoms with Gasteiger partial charge in [-0.3, -0.25) is 4.90 Å². The van der Waals surface area contributed by atoms with Gasteiger partial charge in [0, 0.05) is 26.1 Å². The molecule has 1 fully saturated rings. The van der Waals surface area contributed by atoms with Crippen LogP contribution in [0.5, 0.6) is 0 Å². The third-order valence-electron chi connectivity index (χ3n) is 1.78. The lowest BCUT2D eigenvalue weighted by molar-refractivity contribution is -0.108. The Morgan fingerprint density at radius 2 is 2.50 bits per heavy atom. The Hall–Kier alpha value is -0.440. The zero-order valence-electron chi connectivity index (χ0n) is 5.92. The SMILES string of the molecule is O=CCCN1CC[C@@H](F)C1. The zero-order valence-corrected chi connectivity index (χ0v) is 5.92. The predicted molar refractivity (Wildman–Crippen MR) is 36.6 cm³/mol. The number of halogens is 1. The fraction of sp³-hybridized carbons (Fsp3) is 0.857. The first-order valence-electron chi connectivity index (χ1n) is 3.63. The summed E-state index contributed by atoms with van der Waals surface area (Å²) in [5.41, 5.74) is 0. The molecule has 1 aliphatic heterocycles. The number of hydrogen-bond donors (Lipinski definition) is 0. The van der Waals surface area contributed by atoms with Crippen molar-refractivity contribution in [1.29, 1.82) is 0 Å². The van der Waals surface area contributed by atoms with E-state index in [4.69, 9.17) is 0 Å². The van der Waals surface area contributed by atoms with Crippen LogP contribution >= 0.6 is 0 Å². The molecule has 0 N–H and O–H groups in total. The molecule has 1 rings (SSSR count). The van der Waals surface area contributed by atoms with E-state index in [-0.39, 0.29) is 0 Å². The van der Waals surface area contributed by atoms with Crippen molar-refractivity contribution in [3.05, 3.63) is 0 Å². The first kappa shape index (κ1) is 7.66. The summed E-state index contributed by atoms with van der Waals surface area (Å²) in [4.78, 5) is 11.9. The second-order valence-electron chi connectivity index (χ2n) is 2.64. The van der Waals surface area contributed by atoms with Gasteiger partial charge in [-0.15, -0.1) is 0 Å². The van der Waals surface area contributed by atoms with Crippen LogP contribution in [0.15, 0.2) is 0 Å². The van der Waals surface area contributed by atoms with Crippen molar-refractivity contribution in [2.75, 3.05) is 19.6 Å². The van der Waals surface area contributed by atoms with E-state index in [0.717, 1.165) is 19.4 Å². The van der Waals surface area contributed by atoms with E-state index in [1.54, 1.807) is 0 Å². The highest BCUT2D eigenvalue weighted by atomic mass is 19.1. The van der Waals surface area contributed by atoms with E-state index < -0.39 is 6.17 Å². The lowest BCUT2D eigenvalue weighted by atomic mass is 10.3. The Kier molecular flexibility index (Phi) is 2.81. The van der Waals surface area contributed by atoms with Crippen molar-refractivity contribution >= 4 is 6.29 Å². The molecule has 58 valence electrons. The second kappa shape index (κ2) is 3.66. The van der Waals surface area contributed by atoms with Gasteiger partial charge in [-0.2, -0.15) is 0 Å². The van der Waals surface area contributed by atoms with Gasteiger partial charge in [-0.05, 0) is 6.42 Å². The molecule has 2 nitrogen and oxygen atoms in total. The normalized spacial score (nSPS) is 27.1. The molecule has 1 atom stereocenters. The van der Waals surface area contributed by atoms with Crippen molar-refractivity contribution in [2.45, 2.75) is 19.0 Å². The number of hydrogen-bond acceptors (Lipinski definition) is 2. The Morgan fingerprint density at radius 1 is 1.70 bits per heavy atom. The monoisotopic (exact) mass is 145 g/mol. The highest BCUT2D eigenvalue weighted by Crippen LogP contribution is 2.11. The van der Waals surface area contributed by atoms with Crippen molar-refractivity contribution in [1.82, 2.24) is 4.90 Å². The molecule has 0 bridgehead atoms. The van der Waals surface area contributed by atoms with Crippen LogP contribution in [0.4, 0.5) is 4.39 Å². The summed E-state index contributed by atoms with van der Waals surface area (Å²) in [6, 6.07) is 0. The van der Waals surface area contributed by atoms with Crippen molar-refractivity contribution in [2.24, 2.45) is 0 Å². The summed E-state index contributed by atoms with van der Waals surface area (Å²) in [6.07, 6.45) is 1.39. The first-order valence-corrected chi connectivity index (χ1v) is 3.63. The van der Waals surface area contributed by atoms with E-state index in [9.17, 15) is 9.18 Å². The molecule has 1 aliphatic rings. The Bertz CT molecular complexity index is 118. The van der Waals surface area contributed by atoms with Gasteiger partial charge >= 0.3 is 0 Å². The standard InChI is InChI=1S/C7H12FNO/c8-7-2-4-9(6-7)3-1-5-10/h5,7H,1-4,6H2/t7-/m1/s1. The number of nitrogens with zero attached hydrogens (tertiary/aromatic N) is 1. The molecule has 1 saturated heterocycles. The van der Waals surface area contributed by atoms with Gasteiger partial charge in [0.05, 0.1) is 0 Å². The fourth-order valence-electron chi connectivity index (χ4n) is 1.22. The number of likely N-dealkylation sites (tertiary alicyclic amines) is 1. The van der Waals surface area contributed by atoms with E-state index in [0.29, 0.717) is 19.4 Å². The molecule has 0 saturated carbocycles. The minimum absolute atomic E-state index is 0.522. The van der Waals surface area contributed by atoms with Gasteiger partial charge in [0.2, 0.25) is 0 Å². The van der Waals surface area contributed by atoms with Crippen LogP contribution in [0.25, 0.3) is 0 Å². The molecule has 0 aliphatic carbocycles. The summed E-state index contributed by atoms with van der Waals surface area (Å²) in [5.74, 6) is 0. The number of alkyl halides is 1. The average molecular weight is 145 g/mol. The smallest absolute Gasteiger partial charge is 0.121 e. The number of carbonyl (C=O) groups excluding carboxylic acids is 1. The topological polar surface area (TPSA) is 20.3 Å². The molecule has 0 radical (unpaired) electrons. The molecule has 3 heteroatoms. The maximum atomic E-state index is 12.5. The number of carbonyl (C=O) groups is 1. The number of aldehydes is 1. The summed E-state index contributed by atoms with van der Waals surface area (Å²) in [7, 11) is 0. The highest BCUT2D eigenvalue weighted by molar-refractivity contribution is 5.49. The molecular formula is C7H12FNO. The van der Waals surface area contributed by atoms with E-state index >= 15 is 0 Å². The zero-order chi connectivity index (χ0) is 7.40. The van der Waals surface area contributed by atoms with Gasteiger partial charge in [0.25, 0.3) is 0 Å². The molecule has 0 unspecified atom stereocenters. The largest absolute Gasteiger partial charge is 0.303 e. The van der Waals surface area contributed by atoms with E-state index in [1.165, 1.54) is 0 Å². The minimum Gasteiger partial charge on any atom is -0.303 e. The Balaban J connectivity index is 2.12. The second-order valence-corrected chi connectivity index (χ2v) is 2.64. The summed E-state index contributed by atoms with van der Waals surface area (Å²) < 4.78 is 12.5. The molecule has 0 aromatic rings. The van der Waals surface area contributed by atoms with Crippen LogP contribution in [-0.2, 0) is 4.79 Å². The molecule has 1 heterocycles. The summed E-state index contributed by atoms with van der Waals surface area (Å²) in [5, 5.41) is 0. The quantitative estimate of drug-likeness (QED) is 0.542. The van der Waals surface area contributed by atoms with Gasteiger partial charge in [0.15, 0.2) is 0 Å². The van der Waals surface area contributed by atoms with Crippen LogP contribution in [-0.4, -0.2) is 37.0 Å². The van der Waals surface area contributed by atoms with Gasteiger partial charge in [-0.25, -0.2) is 4.39 Å². The highest BCUT2D eigenvalue weighted by Gasteiger charge is 2.20. The molecular weight excluding hydrogens is 133 g/mol. The van der Waals surface area contributed by atoms with Crippen LogP contribution in [0.1, 0.15) is 12.8 Å². The molecule has 0 aromatic heterocycles. The van der Waals surface area contributed by atoms with Crippen molar-refractivity contribution in [3.8, 4) is 0 Å². The van der Waals surface area contributed by atoms with Crippen LogP contribution in [0.2, 0.25) is 0 Å². The maximum Gasteiger partial charge on any atom is 0.121 e. The van der Waals surface area contributed by atoms with Crippen LogP contribution in [0, 0.1) is 0 Å². The lowest BCUT2D eigenvalue weighted by Crippen LogP contribution is -2.22. The Morgan fingerprint density at radius 3 is 3.00 bits per heavy atom. The molecule has 0 amide bonds. The van der Waals surface area contributed by atoms with Crippen molar-refractivity contribution < 1.29 is 9.18 Å². The first-order chi connectivity index (χ1) is 4.83. The third kappa shape index (κ3) is 2.06. The fourth-order valence-corrected chi connectivity index (χ4v) is 1.22. The summed E-state index contributed by atoms with van der Waals surface area (Å²) >= 11 is 0. The number of rotatable bonds is 3. The van der Waals surface area contributed by atoms with Gasteiger partial charge in [0.1, 0.15) is 12.5 Å². The van der Waals surface area contributed by atoms with Crippen LogP contribution < -0.4 is 0 Å². The lowest BCUT2D eigenvalue weighted by Gasteiger charge is -2.10. The molecule has 10 heavy (non-hydrogen) atoms. The van der Waals surface area contributed by atoms with E-state index in [1.807, 2.05) is 4.90 Å². The molecule has 0 spiro atoms. The average Bonchev–Trinajstić information content (AvgIpc) is 2.31. The van der Waals surface area contributed by atoms with E-state index in [2.05, 4.69) is 0 Å². The minimum atomic E-state index is -0.661. The van der Waals surface area contributed by atoms with Crippen molar-refractivity contribution in [3.63, 3.8) is 0 Å². The summed E-state index contributed by atoms with van der Waals surface area (Å²) in [6.45, 7) is 2.06.